The van der Waals surface area contributed by atoms with Crippen LogP contribution in [0.3, 0.4) is 0 Å². The van der Waals surface area contributed by atoms with Crippen LogP contribution in [-0.2, 0) is 10.2 Å². The van der Waals surface area contributed by atoms with E-state index in [1.54, 1.807) is 14.2 Å². The molecule has 1 aliphatic carbocycles. The lowest BCUT2D eigenvalue weighted by Crippen LogP contribution is -2.52. The number of carbonyl (C=O) groups is 2. The van der Waals surface area contributed by atoms with Crippen LogP contribution < -0.4 is 20.1 Å². The van der Waals surface area contributed by atoms with Crippen LogP contribution in [-0.4, -0.2) is 68.1 Å². The second-order valence-electron chi connectivity index (χ2n) is 9.59. The fourth-order valence-electron chi connectivity index (χ4n) is 5.39. The first-order valence-corrected chi connectivity index (χ1v) is 12.2. The summed E-state index contributed by atoms with van der Waals surface area (Å²) in [6, 6.07) is 6.55. The highest BCUT2D eigenvalue weighted by Crippen LogP contribution is 2.49. The number of carboxylic acid groups (broad SMARTS) is 1. The second-order valence-corrected chi connectivity index (χ2v) is 9.59. The molecule has 0 spiro atoms. The molecule has 0 aromatic heterocycles. The third kappa shape index (κ3) is 6.72. The lowest BCUT2D eigenvalue weighted by molar-refractivity contribution is -0.192. The minimum absolute atomic E-state index is 0.0826. The van der Waals surface area contributed by atoms with Crippen molar-refractivity contribution in [1.82, 2.24) is 10.2 Å². The molecule has 3 N–H and O–H groups in total. The molecule has 1 aliphatic heterocycles. The maximum Gasteiger partial charge on any atom is 0.490 e. The number of ether oxygens (including phenoxy) is 2. The van der Waals surface area contributed by atoms with E-state index in [1.165, 1.54) is 5.56 Å². The van der Waals surface area contributed by atoms with E-state index in [4.69, 9.17) is 19.4 Å². The number of anilines is 1. The third-order valence-electron chi connectivity index (χ3n) is 7.30. The van der Waals surface area contributed by atoms with Crippen molar-refractivity contribution in [3.05, 3.63) is 53.3 Å². The van der Waals surface area contributed by atoms with Gasteiger partial charge in [0.2, 0.25) is 0 Å². The largest absolute Gasteiger partial charge is 0.493 e. The van der Waals surface area contributed by atoms with Crippen LogP contribution in [0.2, 0.25) is 0 Å². The van der Waals surface area contributed by atoms with Crippen molar-refractivity contribution in [3.63, 3.8) is 0 Å². The number of carbonyl (C=O) groups excluding carboxylic acids is 1. The lowest BCUT2D eigenvalue weighted by atomic mass is 9.65. The van der Waals surface area contributed by atoms with Crippen molar-refractivity contribution in [3.8, 4) is 11.5 Å². The van der Waals surface area contributed by atoms with Gasteiger partial charge < -0.3 is 30.1 Å². The molecule has 1 saturated carbocycles. The number of nitrogens with one attached hydrogen (secondary N) is 2. The summed E-state index contributed by atoms with van der Waals surface area (Å²) in [5.74, 6) is -5.01. The first-order valence-electron chi connectivity index (χ1n) is 12.2. The zero-order valence-electron chi connectivity index (χ0n) is 21.9. The number of nitrogens with zero attached hydrogens (tertiary/aromatic N) is 1. The monoisotopic (exact) mass is 577 g/mol. The summed E-state index contributed by atoms with van der Waals surface area (Å²) < 4.78 is 83.4. The number of likely N-dealkylation sites (N-methyl/N-ethyl adjacent to an activating group) is 1. The van der Waals surface area contributed by atoms with E-state index in [2.05, 4.69) is 28.6 Å². The number of hydrogen-bond donors (Lipinski definition) is 3. The molecule has 14 heteroatoms. The molecule has 0 radical (unpaired) electrons. The van der Waals surface area contributed by atoms with Gasteiger partial charge in [0.05, 0.1) is 19.9 Å². The molecule has 2 aromatic rings. The van der Waals surface area contributed by atoms with Gasteiger partial charge in [0.1, 0.15) is 5.82 Å². The van der Waals surface area contributed by atoms with Crippen LogP contribution in [0.15, 0.2) is 30.3 Å². The highest BCUT2D eigenvalue weighted by Gasteiger charge is 2.50. The first-order chi connectivity index (χ1) is 18.7. The molecule has 1 heterocycles. The standard InChI is InChI=1S/C24H28F3N3O3.C2HF3O2/c1-30-9-8-24(14-4-5-19(32-2)20(10-14)33-3)7-6-16(13-21(24)30)28-23(31)29-18-12-15(25)11-17(26)22(18)27;3-2(4,5)1(6)7/h4-5,10-12,16,21H,6-9,13H2,1-3H3,(H2,28,29,31);(H,6,7)/t16-,21+,24+;/m1./s1. The third-order valence-corrected chi connectivity index (χ3v) is 7.30. The molecule has 40 heavy (non-hydrogen) atoms. The molecular weight excluding hydrogens is 548 g/mol. The summed E-state index contributed by atoms with van der Waals surface area (Å²) in [6.45, 7) is 0.922. The molecule has 0 bridgehead atoms. The minimum atomic E-state index is -5.08. The topological polar surface area (TPSA) is 100 Å². The molecule has 220 valence electrons. The van der Waals surface area contributed by atoms with E-state index in [1.807, 2.05) is 12.1 Å². The number of halogens is 6. The minimum Gasteiger partial charge on any atom is -0.493 e. The zero-order valence-corrected chi connectivity index (χ0v) is 21.9. The Morgan fingerprint density at radius 3 is 2.30 bits per heavy atom. The Labute approximate surface area is 226 Å². The predicted molar refractivity (Wildman–Crippen MR) is 132 cm³/mol. The van der Waals surface area contributed by atoms with Gasteiger partial charge in [-0.2, -0.15) is 13.2 Å². The smallest absolute Gasteiger partial charge is 0.490 e. The van der Waals surface area contributed by atoms with Gasteiger partial charge in [-0.25, -0.2) is 22.8 Å². The highest BCUT2D eigenvalue weighted by molar-refractivity contribution is 5.89. The fraction of sp³-hybridized carbons (Fsp3) is 0.462. The van der Waals surface area contributed by atoms with Crippen LogP contribution in [0.4, 0.5) is 36.8 Å². The van der Waals surface area contributed by atoms with Gasteiger partial charge >= 0.3 is 18.2 Å². The number of benzene rings is 2. The Morgan fingerprint density at radius 2 is 1.70 bits per heavy atom. The van der Waals surface area contributed by atoms with Gasteiger partial charge in [-0.3, -0.25) is 0 Å². The number of alkyl halides is 3. The van der Waals surface area contributed by atoms with Crippen molar-refractivity contribution in [2.24, 2.45) is 0 Å². The van der Waals surface area contributed by atoms with Crippen molar-refractivity contribution >= 4 is 17.7 Å². The van der Waals surface area contributed by atoms with Crippen LogP contribution in [0.5, 0.6) is 11.5 Å². The molecule has 4 rings (SSSR count). The average molecular weight is 578 g/mol. The summed E-state index contributed by atoms with van der Waals surface area (Å²) in [5.41, 5.74) is 0.564. The van der Waals surface area contributed by atoms with Gasteiger partial charge in [0.25, 0.3) is 0 Å². The number of methoxy groups -OCH3 is 2. The number of carboxylic acids is 1. The van der Waals surface area contributed by atoms with Gasteiger partial charge in [0, 0.05) is 29.6 Å². The lowest BCUT2D eigenvalue weighted by Gasteiger charge is -2.45. The average Bonchev–Trinajstić information content (AvgIpc) is 3.23. The molecular formula is C26H29F6N3O5. The van der Waals surface area contributed by atoms with Crippen LogP contribution in [0.1, 0.15) is 31.2 Å². The maximum absolute atomic E-state index is 13.9. The van der Waals surface area contributed by atoms with Gasteiger partial charge in [0.15, 0.2) is 23.1 Å². The van der Waals surface area contributed by atoms with Crippen molar-refractivity contribution in [2.75, 3.05) is 33.1 Å². The number of likely N-dealkylation sites (tertiary alicyclic amines) is 1. The van der Waals surface area contributed by atoms with E-state index in [0.29, 0.717) is 30.4 Å². The Kier molecular flexibility index (Phi) is 9.44. The Bertz CT molecular complexity index is 1240. The number of amides is 2. The summed E-state index contributed by atoms with van der Waals surface area (Å²) >= 11 is 0. The van der Waals surface area contributed by atoms with Crippen molar-refractivity contribution < 1.29 is 50.5 Å². The van der Waals surface area contributed by atoms with E-state index >= 15 is 0 Å². The molecule has 0 unspecified atom stereocenters. The molecule has 2 aromatic carbocycles. The zero-order chi connectivity index (χ0) is 29.8. The Hall–Kier alpha value is -3.68. The fourth-order valence-corrected chi connectivity index (χ4v) is 5.39. The number of aliphatic carboxylic acids is 1. The first kappa shape index (κ1) is 30.9. The number of urea groups is 1. The van der Waals surface area contributed by atoms with E-state index < -0.39 is 41.3 Å². The molecule has 2 aliphatic rings. The molecule has 8 nitrogen and oxygen atoms in total. The van der Waals surface area contributed by atoms with Gasteiger partial charge in [-0.05, 0) is 57.0 Å². The quantitative estimate of drug-likeness (QED) is 0.339. The predicted octanol–water partition coefficient (Wildman–Crippen LogP) is 5.07. The van der Waals surface area contributed by atoms with E-state index in [0.717, 1.165) is 25.5 Å². The van der Waals surface area contributed by atoms with E-state index in [-0.39, 0.29) is 17.5 Å². The maximum atomic E-state index is 13.9. The molecule has 2 fully saturated rings. The molecule has 3 atom stereocenters. The Morgan fingerprint density at radius 1 is 1.05 bits per heavy atom. The van der Waals surface area contributed by atoms with E-state index in [9.17, 15) is 31.1 Å². The van der Waals surface area contributed by atoms with Gasteiger partial charge in [-0.1, -0.05) is 6.07 Å². The molecule has 1 saturated heterocycles. The van der Waals surface area contributed by atoms with Crippen LogP contribution in [0.25, 0.3) is 0 Å². The van der Waals surface area contributed by atoms with Crippen LogP contribution >= 0.6 is 0 Å². The summed E-state index contributed by atoms with van der Waals surface area (Å²) in [7, 11) is 5.29. The van der Waals surface area contributed by atoms with Crippen molar-refractivity contribution in [1.29, 1.82) is 0 Å². The molecule has 2 amide bonds. The summed E-state index contributed by atoms with van der Waals surface area (Å²) in [5, 5.41) is 12.2. The number of hydrogen-bond acceptors (Lipinski definition) is 5. The van der Waals surface area contributed by atoms with Crippen LogP contribution in [0, 0.1) is 17.5 Å². The Balaban J connectivity index is 0.000000559. The summed E-state index contributed by atoms with van der Waals surface area (Å²) in [4.78, 5) is 23.6. The SMILES string of the molecule is COc1ccc([C@@]23CC[C@@H](NC(=O)Nc4cc(F)cc(F)c4F)C[C@@H]2N(C)CC3)cc1OC.O=C(O)C(F)(F)F. The van der Waals surface area contributed by atoms with Gasteiger partial charge in [-0.15, -0.1) is 0 Å². The summed E-state index contributed by atoms with van der Waals surface area (Å²) in [6.07, 6.45) is -1.86. The second kappa shape index (κ2) is 12.2. The van der Waals surface area contributed by atoms with Crippen molar-refractivity contribution in [2.45, 2.75) is 49.4 Å². The highest BCUT2D eigenvalue weighted by atomic mass is 19.4. The number of fused-ring (bicyclic) bond motifs is 1. The number of rotatable bonds is 5. The normalized spacial score (nSPS) is 22.4.